The number of fused-ring (bicyclic) bond motifs is 1. The second kappa shape index (κ2) is 8.92. The van der Waals surface area contributed by atoms with E-state index in [0.29, 0.717) is 29.4 Å². The normalized spacial score (nSPS) is 12.2. The highest BCUT2D eigenvalue weighted by atomic mass is 32.2. The van der Waals surface area contributed by atoms with Crippen molar-refractivity contribution < 1.29 is 31.1 Å². The molecule has 3 rings (SSSR count). The Kier molecular flexibility index (Phi) is 6.45. The minimum atomic E-state index is -5.47. The molecule has 0 spiro atoms. The molecule has 0 aliphatic rings. The first kappa shape index (κ1) is 23.1. The summed E-state index contributed by atoms with van der Waals surface area (Å²) >= 11 is 0. The number of nitriles is 1. The van der Waals surface area contributed by atoms with Gasteiger partial charge in [-0.2, -0.15) is 18.4 Å². The smallest absolute Gasteiger partial charge is 0.493 e. The first-order chi connectivity index (χ1) is 15.1. The van der Waals surface area contributed by atoms with E-state index in [0.717, 1.165) is 17.7 Å². The predicted molar refractivity (Wildman–Crippen MR) is 112 cm³/mol. The predicted octanol–water partition coefficient (Wildman–Crippen LogP) is 4.43. The Balaban J connectivity index is 1.99. The fraction of sp³-hybridized carbons (Fsp3) is 0.238. The maximum absolute atomic E-state index is 12.9. The third-order valence-electron chi connectivity index (χ3n) is 4.59. The first-order valence-corrected chi connectivity index (χ1v) is 10.8. The summed E-state index contributed by atoms with van der Waals surface area (Å²) < 4.78 is 74.3. The van der Waals surface area contributed by atoms with Gasteiger partial charge >= 0.3 is 5.51 Å². The number of hydrogen-bond donors (Lipinski definition) is 0. The van der Waals surface area contributed by atoms with Crippen LogP contribution >= 0.6 is 0 Å². The van der Waals surface area contributed by atoms with Crippen LogP contribution < -0.4 is 9.47 Å². The van der Waals surface area contributed by atoms with E-state index >= 15 is 0 Å². The monoisotopic (exact) mass is 465 g/mol. The number of aryl methyl sites for hydroxylation is 1. The molecule has 0 bridgehead atoms. The molecule has 2 aromatic carbocycles. The number of hydrogen-bond acceptors (Lipinski definition) is 6. The Hall–Kier alpha value is -3.52. The van der Waals surface area contributed by atoms with Crippen molar-refractivity contribution in [3.8, 4) is 17.6 Å². The van der Waals surface area contributed by atoms with E-state index in [1.807, 2.05) is 13.0 Å². The number of aromatic nitrogens is 2. The lowest BCUT2D eigenvalue weighted by molar-refractivity contribution is -0.0435. The number of halogens is 3. The van der Waals surface area contributed by atoms with Gasteiger partial charge in [0.15, 0.2) is 18.1 Å². The minimum absolute atomic E-state index is 0.127. The molecule has 11 heteroatoms. The largest absolute Gasteiger partial charge is 0.501 e. The third-order valence-corrected chi connectivity index (χ3v) is 6.07. The van der Waals surface area contributed by atoms with Crippen molar-refractivity contribution >= 4 is 33.0 Å². The average molecular weight is 465 g/mol. The third kappa shape index (κ3) is 4.40. The Labute approximate surface area is 182 Å². The van der Waals surface area contributed by atoms with Gasteiger partial charge in [0, 0.05) is 6.54 Å². The van der Waals surface area contributed by atoms with Gasteiger partial charge in [0.2, 0.25) is 0 Å². The maximum atomic E-state index is 12.9. The molecule has 32 heavy (non-hydrogen) atoms. The number of ether oxygens (including phenoxy) is 2. The zero-order valence-corrected chi connectivity index (χ0v) is 17.9. The Morgan fingerprint density at radius 2 is 1.91 bits per heavy atom. The summed E-state index contributed by atoms with van der Waals surface area (Å²) in [4.78, 5) is 3.45. The van der Waals surface area contributed by atoms with Crippen LogP contribution in [-0.2, 0) is 16.4 Å². The van der Waals surface area contributed by atoms with Crippen molar-refractivity contribution in [2.24, 2.45) is 0 Å². The molecular weight excluding hydrogens is 447 g/mol. The zero-order chi connectivity index (χ0) is 23.5. The summed E-state index contributed by atoms with van der Waals surface area (Å²) in [6.45, 7) is 2.17. The number of sulfone groups is 1. The van der Waals surface area contributed by atoms with E-state index in [2.05, 4.69) is 4.98 Å². The Morgan fingerprint density at radius 3 is 2.53 bits per heavy atom. The molecule has 0 saturated carbocycles. The highest BCUT2D eigenvalue weighted by molar-refractivity contribution is 7.92. The lowest BCUT2D eigenvalue weighted by Gasteiger charge is -2.09. The zero-order valence-electron chi connectivity index (χ0n) is 17.0. The molecule has 7 nitrogen and oxygen atoms in total. The van der Waals surface area contributed by atoms with Gasteiger partial charge in [-0.15, -0.1) is 0 Å². The highest BCUT2D eigenvalue weighted by Crippen LogP contribution is 2.32. The van der Waals surface area contributed by atoms with Gasteiger partial charge in [0.05, 0.1) is 23.0 Å². The number of benzene rings is 2. The van der Waals surface area contributed by atoms with Crippen molar-refractivity contribution in [3.05, 3.63) is 47.8 Å². The van der Waals surface area contributed by atoms with Crippen molar-refractivity contribution in [2.45, 2.75) is 23.9 Å². The summed E-state index contributed by atoms with van der Waals surface area (Å²) in [6, 6.07) is 10.1. The van der Waals surface area contributed by atoms with Gasteiger partial charge in [-0.05, 0) is 48.9 Å². The number of imidazole rings is 1. The molecule has 1 heterocycles. The molecule has 1 aromatic heterocycles. The van der Waals surface area contributed by atoms with E-state index in [1.165, 1.54) is 13.2 Å². The number of rotatable bonds is 7. The van der Waals surface area contributed by atoms with Crippen molar-refractivity contribution in [3.63, 3.8) is 0 Å². The molecule has 3 aromatic rings. The summed E-state index contributed by atoms with van der Waals surface area (Å²) in [5.74, 6) is 1.27. The highest BCUT2D eigenvalue weighted by Gasteiger charge is 2.47. The molecule has 0 amide bonds. The molecule has 0 radical (unpaired) electrons. The van der Waals surface area contributed by atoms with Gasteiger partial charge < -0.3 is 14.0 Å². The lowest BCUT2D eigenvalue weighted by Crippen LogP contribution is -2.23. The summed E-state index contributed by atoms with van der Waals surface area (Å²) in [5.41, 5.74) is -4.03. The molecule has 0 aliphatic carbocycles. The van der Waals surface area contributed by atoms with Crippen molar-refractivity contribution in [1.29, 1.82) is 5.26 Å². The standard InChI is InChI=1S/C21H18F3N3O4S/c1-3-27-17-7-6-15(32(28,29)21(22,23)24)13-16(17)26-20(27)9-5-14-4-8-18(31-11-10-25)19(12-14)30-2/h4-9,12-13H,3,11H2,1-2H3/b9-5+. The van der Waals surface area contributed by atoms with Crippen LogP contribution in [-0.4, -0.2) is 37.2 Å². The first-order valence-electron chi connectivity index (χ1n) is 9.30. The second-order valence-electron chi connectivity index (χ2n) is 6.50. The second-order valence-corrected chi connectivity index (χ2v) is 8.45. The van der Waals surface area contributed by atoms with Crippen LogP contribution in [0.25, 0.3) is 23.2 Å². The van der Waals surface area contributed by atoms with Gasteiger partial charge in [0.1, 0.15) is 11.9 Å². The Bertz CT molecular complexity index is 1320. The summed E-state index contributed by atoms with van der Waals surface area (Å²) in [5, 5.41) is 8.64. The quantitative estimate of drug-likeness (QED) is 0.512. The molecule has 0 atom stereocenters. The molecular formula is C21H18F3N3O4S. The number of alkyl halides is 3. The number of nitrogens with zero attached hydrogens (tertiary/aromatic N) is 3. The lowest BCUT2D eigenvalue weighted by atomic mass is 10.2. The van der Waals surface area contributed by atoms with Gasteiger partial charge in [-0.3, -0.25) is 0 Å². The fourth-order valence-corrected chi connectivity index (χ4v) is 3.86. The van der Waals surface area contributed by atoms with Crippen LogP contribution in [0.1, 0.15) is 18.3 Å². The number of methoxy groups -OCH3 is 1. The average Bonchev–Trinajstić information content (AvgIpc) is 3.12. The van der Waals surface area contributed by atoms with Crippen LogP contribution in [0.2, 0.25) is 0 Å². The molecule has 0 aliphatic heterocycles. The summed E-state index contributed by atoms with van der Waals surface area (Å²) in [7, 11) is -4.00. The molecule has 0 N–H and O–H groups in total. The molecule has 0 saturated heterocycles. The van der Waals surface area contributed by atoms with Gasteiger partial charge in [-0.25, -0.2) is 13.4 Å². The van der Waals surface area contributed by atoms with Crippen molar-refractivity contribution in [2.75, 3.05) is 13.7 Å². The molecule has 0 fully saturated rings. The minimum Gasteiger partial charge on any atom is -0.493 e. The Morgan fingerprint density at radius 1 is 1.16 bits per heavy atom. The molecule has 168 valence electrons. The van der Waals surface area contributed by atoms with E-state index < -0.39 is 20.2 Å². The van der Waals surface area contributed by atoms with E-state index in [1.54, 1.807) is 34.9 Å². The van der Waals surface area contributed by atoms with Crippen LogP contribution in [0.15, 0.2) is 41.3 Å². The maximum Gasteiger partial charge on any atom is 0.501 e. The van der Waals surface area contributed by atoms with Gasteiger partial charge in [0.25, 0.3) is 9.84 Å². The van der Waals surface area contributed by atoms with E-state index in [-0.39, 0.29) is 12.1 Å². The van der Waals surface area contributed by atoms with E-state index in [4.69, 9.17) is 14.7 Å². The van der Waals surface area contributed by atoms with Crippen LogP contribution in [0.4, 0.5) is 13.2 Å². The summed E-state index contributed by atoms with van der Waals surface area (Å²) in [6.07, 6.45) is 3.38. The van der Waals surface area contributed by atoms with E-state index in [9.17, 15) is 21.6 Å². The van der Waals surface area contributed by atoms with Crippen LogP contribution in [0, 0.1) is 11.3 Å². The fourth-order valence-electron chi connectivity index (χ4n) is 3.08. The topological polar surface area (TPSA) is 94.2 Å². The molecule has 0 unspecified atom stereocenters. The van der Waals surface area contributed by atoms with Crippen LogP contribution in [0.5, 0.6) is 11.5 Å². The SMILES string of the molecule is CCn1c(/C=C/c2ccc(OCC#N)c(OC)c2)nc2cc(S(=O)(=O)C(F)(F)F)ccc21. The van der Waals surface area contributed by atoms with Crippen LogP contribution in [0.3, 0.4) is 0 Å². The van der Waals surface area contributed by atoms with Gasteiger partial charge in [-0.1, -0.05) is 12.1 Å². The van der Waals surface area contributed by atoms with Crippen molar-refractivity contribution in [1.82, 2.24) is 9.55 Å².